The van der Waals surface area contributed by atoms with E-state index in [2.05, 4.69) is 60.0 Å². The molecule has 0 bridgehead atoms. The van der Waals surface area contributed by atoms with Crippen molar-refractivity contribution < 1.29 is 0 Å². The number of piperazine rings is 1. The van der Waals surface area contributed by atoms with Crippen molar-refractivity contribution in [2.45, 2.75) is 12.8 Å². The van der Waals surface area contributed by atoms with Gasteiger partial charge in [0, 0.05) is 51.9 Å². The van der Waals surface area contributed by atoms with Gasteiger partial charge in [-0.3, -0.25) is 14.6 Å². The first-order chi connectivity index (χ1) is 12.4. The Morgan fingerprint density at radius 1 is 1.12 bits per heavy atom. The molecule has 0 saturated carbocycles. The molecule has 4 rings (SSSR count). The highest BCUT2D eigenvalue weighted by atomic mass is 15.3. The van der Waals surface area contributed by atoms with Crippen molar-refractivity contribution in [3.8, 4) is 11.8 Å². The number of pyridine rings is 1. The third-order valence-electron chi connectivity index (χ3n) is 4.91. The Kier molecular flexibility index (Phi) is 5.17. The van der Waals surface area contributed by atoms with Crippen LogP contribution in [-0.4, -0.2) is 66.8 Å². The van der Waals surface area contributed by atoms with Gasteiger partial charge in [-0.15, -0.1) is 0 Å². The molecule has 0 amide bonds. The third kappa shape index (κ3) is 3.79. The summed E-state index contributed by atoms with van der Waals surface area (Å²) in [6.07, 6.45) is 6.12. The molecule has 2 fully saturated rings. The maximum atomic E-state index is 4.63. The fraction of sp³-hybridized carbons (Fsp3) is 0.526. The van der Waals surface area contributed by atoms with Crippen LogP contribution in [0.5, 0.6) is 0 Å². The van der Waals surface area contributed by atoms with E-state index in [-0.39, 0.29) is 0 Å². The molecule has 0 atom stereocenters. The molecule has 2 aromatic heterocycles. The van der Waals surface area contributed by atoms with Crippen molar-refractivity contribution in [2.75, 3.05) is 57.4 Å². The van der Waals surface area contributed by atoms with Gasteiger partial charge in [-0.05, 0) is 25.1 Å². The molecule has 25 heavy (non-hydrogen) atoms. The molecular formula is C19H26N6. The molecule has 0 aliphatic carbocycles. The van der Waals surface area contributed by atoms with E-state index in [0.29, 0.717) is 0 Å². The Balaban J connectivity index is 1.47. The van der Waals surface area contributed by atoms with Gasteiger partial charge in [-0.1, -0.05) is 11.8 Å². The zero-order valence-electron chi connectivity index (χ0n) is 14.7. The van der Waals surface area contributed by atoms with Crippen LogP contribution < -0.4 is 15.5 Å². The highest BCUT2D eigenvalue weighted by Crippen LogP contribution is 2.19. The number of hydrogen-bond acceptors (Lipinski definition) is 5. The predicted octanol–water partition coefficient (Wildman–Crippen LogP) is 0.738. The minimum atomic E-state index is 0.883. The van der Waals surface area contributed by atoms with E-state index in [1.807, 2.05) is 6.20 Å². The summed E-state index contributed by atoms with van der Waals surface area (Å²) in [7, 11) is 0. The van der Waals surface area contributed by atoms with Gasteiger partial charge >= 0.3 is 0 Å². The minimum Gasteiger partial charge on any atom is -0.344 e. The number of nitrogens with one attached hydrogen (secondary N) is 2. The van der Waals surface area contributed by atoms with Crippen molar-refractivity contribution >= 4 is 11.5 Å². The number of fused-ring (bicyclic) bond motifs is 1. The zero-order valence-corrected chi connectivity index (χ0v) is 14.7. The average molecular weight is 338 g/mol. The lowest BCUT2D eigenvalue weighted by Crippen LogP contribution is -2.43. The van der Waals surface area contributed by atoms with Gasteiger partial charge in [0.05, 0.1) is 18.4 Å². The van der Waals surface area contributed by atoms with Crippen molar-refractivity contribution in [2.24, 2.45) is 0 Å². The highest BCUT2D eigenvalue weighted by molar-refractivity contribution is 5.62. The van der Waals surface area contributed by atoms with Gasteiger partial charge in [-0.25, -0.2) is 4.98 Å². The molecular weight excluding hydrogens is 312 g/mol. The minimum absolute atomic E-state index is 0.883. The molecule has 6 heteroatoms. The summed E-state index contributed by atoms with van der Waals surface area (Å²) in [6, 6.07) is 4.13. The number of rotatable bonds is 3. The average Bonchev–Trinajstić information content (AvgIpc) is 3.12. The molecule has 0 spiro atoms. The molecule has 4 heterocycles. The summed E-state index contributed by atoms with van der Waals surface area (Å²) in [5.74, 6) is 7.82. The molecule has 2 aliphatic rings. The van der Waals surface area contributed by atoms with Gasteiger partial charge in [0.15, 0.2) is 5.65 Å². The zero-order chi connectivity index (χ0) is 16.9. The van der Waals surface area contributed by atoms with Gasteiger partial charge < -0.3 is 10.2 Å². The number of imidazole rings is 1. The van der Waals surface area contributed by atoms with Crippen LogP contribution in [0.1, 0.15) is 18.4 Å². The first-order valence-corrected chi connectivity index (χ1v) is 9.25. The Hall–Kier alpha value is -2.07. The largest absolute Gasteiger partial charge is 0.344 e. The molecule has 0 radical (unpaired) electrons. The lowest BCUT2D eigenvalue weighted by Gasteiger charge is -2.28. The van der Waals surface area contributed by atoms with Crippen LogP contribution in [0.3, 0.4) is 0 Å². The number of anilines is 1. The third-order valence-corrected chi connectivity index (χ3v) is 4.91. The summed E-state index contributed by atoms with van der Waals surface area (Å²) in [5, 5.41) is 6.81. The Morgan fingerprint density at radius 3 is 2.88 bits per heavy atom. The second kappa shape index (κ2) is 7.87. The van der Waals surface area contributed by atoms with Gasteiger partial charge in [0.25, 0.3) is 0 Å². The summed E-state index contributed by atoms with van der Waals surface area (Å²) in [5.41, 5.74) is 1.97. The lowest BCUT2D eigenvalue weighted by atomic mass is 10.2. The first kappa shape index (κ1) is 16.4. The van der Waals surface area contributed by atoms with E-state index >= 15 is 0 Å². The lowest BCUT2D eigenvalue weighted by molar-refractivity contribution is 0.246. The summed E-state index contributed by atoms with van der Waals surface area (Å²) >= 11 is 0. The molecule has 2 N–H and O–H groups in total. The summed E-state index contributed by atoms with van der Waals surface area (Å²) in [6.45, 7) is 8.54. The van der Waals surface area contributed by atoms with Crippen molar-refractivity contribution in [3.05, 3.63) is 30.1 Å². The Bertz CT molecular complexity index is 759. The standard InChI is InChI=1S/C19H26N6/c1(2-10-23-13-8-20-9-14-23)5-17-6-3-12-25-18(15-22-19(17)25)24-11-4-7-21-16-24/h3,6,12,15,20-21H,2,4,7-11,13-14,16H2. The molecule has 2 aliphatic heterocycles. The molecule has 0 aromatic carbocycles. The topological polar surface area (TPSA) is 47.8 Å². The van der Waals surface area contributed by atoms with Crippen LogP contribution >= 0.6 is 0 Å². The van der Waals surface area contributed by atoms with Crippen molar-refractivity contribution in [3.63, 3.8) is 0 Å². The van der Waals surface area contributed by atoms with E-state index in [0.717, 1.165) is 75.9 Å². The van der Waals surface area contributed by atoms with Crippen LogP contribution in [-0.2, 0) is 0 Å². The van der Waals surface area contributed by atoms with Crippen LogP contribution in [0.25, 0.3) is 5.65 Å². The predicted molar refractivity (Wildman–Crippen MR) is 101 cm³/mol. The fourth-order valence-corrected chi connectivity index (χ4v) is 3.52. The molecule has 132 valence electrons. The molecule has 6 nitrogen and oxygen atoms in total. The molecule has 2 aromatic rings. The van der Waals surface area contributed by atoms with Crippen LogP contribution in [0.15, 0.2) is 24.5 Å². The number of aromatic nitrogens is 2. The van der Waals surface area contributed by atoms with Crippen LogP contribution in [0, 0.1) is 11.8 Å². The fourth-order valence-electron chi connectivity index (χ4n) is 3.52. The Labute approximate surface area is 149 Å². The number of hydrogen-bond donors (Lipinski definition) is 2. The van der Waals surface area contributed by atoms with E-state index in [9.17, 15) is 0 Å². The molecule has 2 saturated heterocycles. The van der Waals surface area contributed by atoms with E-state index in [1.165, 1.54) is 6.42 Å². The highest BCUT2D eigenvalue weighted by Gasteiger charge is 2.15. The van der Waals surface area contributed by atoms with Crippen molar-refractivity contribution in [1.29, 1.82) is 0 Å². The van der Waals surface area contributed by atoms with Gasteiger partial charge in [-0.2, -0.15) is 0 Å². The van der Waals surface area contributed by atoms with Crippen molar-refractivity contribution in [1.82, 2.24) is 24.9 Å². The Morgan fingerprint density at radius 2 is 2.04 bits per heavy atom. The maximum Gasteiger partial charge on any atom is 0.154 e. The smallest absolute Gasteiger partial charge is 0.154 e. The van der Waals surface area contributed by atoms with E-state index in [1.54, 1.807) is 0 Å². The quantitative estimate of drug-likeness (QED) is 0.809. The monoisotopic (exact) mass is 338 g/mol. The van der Waals surface area contributed by atoms with E-state index < -0.39 is 0 Å². The SMILES string of the molecule is C(#Cc1cccn2c(N3CCCNC3)cnc12)CCN1CCNCC1. The maximum absolute atomic E-state index is 4.63. The number of nitrogens with zero attached hydrogens (tertiary/aromatic N) is 4. The second-order valence-corrected chi connectivity index (χ2v) is 6.65. The van der Waals surface area contributed by atoms with Crippen LogP contribution in [0.4, 0.5) is 5.82 Å². The normalized spacial score (nSPS) is 19.0. The second-order valence-electron chi connectivity index (χ2n) is 6.65. The summed E-state index contributed by atoms with van der Waals surface area (Å²) < 4.78 is 2.16. The van der Waals surface area contributed by atoms with E-state index in [4.69, 9.17) is 0 Å². The van der Waals surface area contributed by atoms with Gasteiger partial charge in [0.2, 0.25) is 0 Å². The summed E-state index contributed by atoms with van der Waals surface area (Å²) in [4.78, 5) is 9.45. The van der Waals surface area contributed by atoms with Crippen LogP contribution in [0.2, 0.25) is 0 Å². The van der Waals surface area contributed by atoms with Gasteiger partial charge in [0.1, 0.15) is 5.82 Å². The first-order valence-electron chi connectivity index (χ1n) is 9.25. The molecule has 0 unspecified atom stereocenters.